The van der Waals surface area contributed by atoms with Crippen molar-refractivity contribution < 1.29 is 9.31 Å². The van der Waals surface area contributed by atoms with E-state index in [0.717, 1.165) is 30.8 Å². The molecule has 5 nitrogen and oxygen atoms in total. The molecule has 2 fully saturated rings. The van der Waals surface area contributed by atoms with Gasteiger partial charge in [-0.05, 0) is 45.3 Å². The van der Waals surface area contributed by atoms with Gasteiger partial charge in [-0.3, -0.25) is 4.98 Å². The van der Waals surface area contributed by atoms with Crippen LogP contribution in [0.25, 0.3) is 0 Å². The van der Waals surface area contributed by atoms with Crippen molar-refractivity contribution in [3.63, 3.8) is 0 Å². The van der Waals surface area contributed by atoms with Crippen molar-refractivity contribution in [2.75, 3.05) is 19.6 Å². The van der Waals surface area contributed by atoms with Gasteiger partial charge in [0.15, 0.2) is 0 Å². The van der Waals surface area contributed by atoms with Crippen molar-refractivity contribution in [3.05, 3.63) is 24.0 Å². The van der Waals surface area contributed by atoms with Gasteiger partial charge in [-0.25, -0.2) is 0 Å². The van der Waals surface area contributed by atoms with Gasteiger partial charge in [-0.2, -0.15) is 0 Å². The molecule has 3 rings (SSSR count). The third-order valence-corrected chi connectivity index (χ3v) is 4.73. The summed E-state index contributed by atoms with van der Waals surface area (Å²) in [7, 11) is -0.326. The Bertz CT molecular complexity index is 499. The summed E-state index contributed by atoms with van der Waals surface area (Å²) < 4.78 is 12.2. The highest BCUT2D eigenvalue weighted by Gasteiger charge is 2.51. The Morgan fingerprint density at radius 3 is 2.52 bits per heavy atom. The van der Waals surface area contributed by atoms with E-state index in [4.69, 9.17) is 9.31 Å². The van der Waals surface area contributed by atoms with E-state index < -0.39 is 0 Å². The van der Waals surface area contributed by atoms with Crippen LogP contribution in [-0.2, 0) is 9.31 Å². The topological polar surface area (TPSA) is 55.4 Å². The Morgan fingerprint density at radius 1 is 1.19 bits per heavy atom. The number of pyridine rings is 1. The zero-order valence-electron chi connectivity index (χ0n) is 13.3. The maximum absolute atomic E-state index is 6.11. The van der Waals surface area contributed by atoms with Gasteiger partial charge in [0, 0.05) is 25.8 Å². The fraction of sp³-hybridized carbons (Fsp3) is 0.667. The molecule has 2 saturated heterocycles. The molecule has 2 aliphatic heterocycles. The minimum absolute atomic E-state index is 0.251. The van der Waals surface area contributed by atoms with Gasteiger partial charge < -0.3 is 19.9 Å². The third kappa shape index (κ3) is 2.86. The lowest BCUT2D eigenvalue weighted by molar-refractivity contribution is 0.00578. The lowest BCUT2D eigenvalue weighted by Crippen LogP contribution is -2.43. The fourth-order valence-corrected chi connectivity index (χ4v) is 2.64. The van der Waals surface area contributed by atoms with Gasteiger partial charge in [0.2, 0.25) is 0 Å². The molecule has 1 aromatic rings. The molecular weight excluding hydrogens is 265 g/mol. The third-order valence-electron chi connectivity index (χ3n) is 4.73. The largest absolute Gasteiger partial charge is 0.494 e. The van der Waals surface area contributed by atoms with Gasteiger partial charge in [-0.1, -0.05) is 0 Å². The maximum Gasteiger partial charge on any atom is 0.494 e. The molecule has 0 bridgehead atoms. The van der Waals surface area contributed by atoms with Crippen molar-refractivity contribution in [2.24, 2.45) is 0 Å². The second-order valence-electron chi connectivity index (χ2n) is 6.81. The van der Waals surface area contributed by atoms with Crippen LogP contribution in [0.4, 0.5) is 0 Å². The molecule has 1 aromatic heterocycles. The van der Waals surface area contributed by atoms with E-state index in [1.165, 1.54) is 0 Å². The predicted octanol–water partition coefficient (Wildman–Crippen LogP) is 0.615. The summed E-state index contributed by atoms with van der Waals surface area (Å²) in [6.45, 7) is 11.2. The molecule has 114 valence electrons. The number of piperazine rings is 1. The molecule has 21 heavy (non-hydrogen) atoms. The second kappa shape index (κ2) is 5.36. The van der Waals surface area contributed by atoms with Crippen LogP contribution in [0, 0.1) is 0 Å². The van der Waals surface area contributed by atoms with Crippen LogP contribution in [0.2, 0.25) is 0 Å². The van der Waals surface area contributed by atoms with E-state index in [-0.39, 0.29) is 24.4 Å². The zero-order chi connectivity index (χ0) is 15.1. The van der Waals surface area contributed by atoms with Crippen molar-refractivity contribution in [1.82, 2.24) is 15.6 Å². The van der Waals surface area contributed by atoms with Gasteiger partial charge in [0.1, 0.15) is 0 Å². The SMILES string of the molecule is CC1(C)OB(c2ccnc(C3CNCCN3)c2)OC1(C)C. The molecule has 2 N–H and O–H groups in total. The number of hydrogen-bond donors (Lipinski definition) is 2. The van der Waals surface area contributed by atoms with E-state index >= 15 is 0 Å². The monoisotopic (exact) mass is 289 g/mol. The Hall–Kier alpha value is -0.945. The molecule has 1 atom stereocenters. The second-order valence-corrected chi connectivity index (χ2v) is 6.81. The average Bonchev–Trinajstić information content (AvgIpc) is 2.69. The van der Waals surface area contributed by atoms with Crippen LogP contribution in [-0.4, -0.2) is 42.9 Å². The van der Waals surface area contributed by atoms with E-state index in [2.05, 4.69) is 49.4 Å². The number of nitrogens with one attached hydrogen (secondary N) is 2. The first-order valence-electron chi connectivity index (χ1n) is 7.65. The van der Waals surface area contributed by atoms with Gasteiger partial charge in [0.25, 0.3) is 0 Å². The number of hydrogen-bond acceptors (Lipinski definition) is 5. The summed E-state index contributed by atoms with van der Waals surface area (Å²) in [6.07, 6.45) is 1.84. The van der Waals surface area contributed by atoms with E-state index in [9.17, 15) is 0 Å². The summed E-state index contributed by atoms with van der Waals surface area (Å²) in [6, 6.07) is 4.32. The van der Waals surface area contributed by atoms with E-state index in [1.807, 2.05) is 12.3 Å². The molecule has 0 spiro atoms. The molecule has 2 aliphatic rings. The van der Waals surface area contributed by atoms with Crippen LogP contribution >= 0.6 is 0 Å². The summed E-state index contributed by atoms with van der Waals surface area (Å²) in [5.74, 6) is 0. The fourth-order valence-electron chi connectivity index (χ4n) is 2.64. The first-order valence-corrected chi connectivity index (χ1v) is 7.65. The molecular formula is C15H24BN3O2. The van der Waals surface area contributed by atoms with Crippen molar-refractivity contribution >= 4 is 12.6 Å². The first-order chi connectivity index (χ1) is 9.89. The van der Waals surface area contributed by atoms with E-state index in [1.54, 1.807) is 0 Å². The Morgan fingerprint density at radius 2 is 1.90 bits per heavy atom. The molecule has 0 radical (unpaired) electrons. The standard InChI is InChI=1S/C15H24BN3O2/c1-14(2)15(3,4)21-16(20-14)11-5-6-18-12(9-11)13-10-17-7-8-19-13/h5-6,9,13,17,19H,7-8,10H2,1-4H3. The first kappa shape index (κ1) is 15.0. The smallest absolute Gasteiger partial charge is 0.399 e. The summed E-state index contributed by atoms with van der Waals surface area (Å²) >= 11 is 0. The molecule has 0 amide bonds. The Kier molecular flexibility index (Phi) is 3.82. The highest BCUT2D eigenvalue weighted by molar-refractivity contribution is 6.62. The van der Waals surface area contributed by atoms with Gasteiger partial charge in [-0.15, -0.1) is 0 Å². The normalized spacial score (nSPS) is 27.8. The van der Waals surface area contributed by atoms with Gasteiger partial charge >= 0.3 is 7.12 Å². The van der Waals surface area contributed by atoms with Crippen LogP contribution in [0.1, 0.15) is 39.4 Å². The summed E-state index contributed by atoms with van der Waals surface area (Å²) in [4.78, 5) is 4.49. The minimum Gasteiger partial charge on any atom is -0.399 e. The Labute approximate surface area is 127 Å². The van der Waals surface area contributed by atoms with Crippen LogP contribution < -0.4 is 16.1 Å². The number of rotatable bonds is 2. The van der Waals surface area contributed by atoms with E-state index in [0.29, 0.717) is 0 Å². The highest BCUT2D eigenvalue weighted by Crippen LogP contribution is 2.36. The maximum atomic E-state index is 6.11. The summed E-state index contributed by atoms with van der Waals surface area (Å²) in [5, 5.41) is 6.86. The van der Waals surface area contributed by atoms with Crippen LogP contribution in [0.3, 0.4) is 0 Å². The van der Waals surface area contributed by atoms with Crippen molar-refractivity contribution in [3.8, 4) is 0 Å². The van der Waals surface area contributed by atoms with Crippen LogP contribution in [0.15, 0.2) is 18.3 Å². The van der Waals surface area contributed by atoms with Gasteiger partial charge in [0.05, 0.1) is 22.9 Å². The average molecular weight is 289 g/mol. The lowest BCUT2D eigenvalue weighted by Gasteiger charge is -2.32. The molecule has 6 heteroatoms. The molecule has 0 aliphatic carbocycles. The lowest BCUT2D eigenvalue weighted by atomic mass is 9.79. The zero-order valence-corrected chi connectivity index (χ0v) is 13.3. The predicted molar refractivity (Wildman–Crippen MR) is 83.6 cm³/mol. The highest BCUT2D eigenvalue weighted by atomic mass is 16.7. The quantitative estimate of drug-likeness (QED) is 0.782. The van der Waals surface area contributed by atoms with Crippen molar-refractivity contribution in [1.29, 1.82) is 0 Å². The summed E-state index contributed by atoms with van der Waals surface area (Å²) in [5.41, 5.74) is 1.44. The molecule has 3 heterocycles. The Balaban J connectivity index is 1.81. The molecule has 0 saturated carbocycles. The van der Waals surface area contributed by atoms with Crippen molar-refractivity contribution in [2.45, 2.75) is 44.9 Å². The molecule has 1 unspecified atom stereocenters. The minimum atomic E-state index is -0.326. The number of nitrogens with zero attached hydrogens (tertiary/aromatic N) is 1. The number of aromatic nitrogens is 1. The van der Waals surface area contributed by atoms with Crippen LogP contribution in [0.5, 0.6) is 0 Å². The molecule has 0 aromatic carbocycles.